The van der Waals surface area contributed by atoms with Crippen molar-refractivity contribution < 1.29 is 14.2 Å². The summed E-state index contributed by atoms with van der Waals surface area (Å²) in [6.07, 6.45) is 4.03. The van der Waals surface area contributed by atoms with Crippen LogP contribution in [0, 0.1) is 0 Å². The van der Waals surface area contributed by atoms with Gasteiger partial charge in [-0.1, -0.05) is 12.7 Å². The first-order chi connectivity index (χ1) is 10.7. The molecule has 1 aromatic rings. The Morgan fingerprint density at radius 1 is 1.09 bits per heavy atom. The zero-order valence-corrected chi connectivity index (χ0v) is 13.5. The Bertz CT molecular complexity index is 524. The molecule has 0 unspecified atom stereocenters. The van der Waals surface area contributed by atoms with Crippen molar-refractivity contribution in [1.29, 1.82) is 0 Å². The van der Waals surface area contributed by atoms with Crippen LogP contribution < -0.4 is 19.5 Å². The summed E-state index contributed by atoms with van der Waals surface area (Å²) in [4.78, 5) is 2.27. The summed E-state index contributed by atoms with van der Waals surface area (Å²) in [5.41, 5.74) is 1.99. The number of nitrogens with one attached hydrogen (secondary N) is 1. The summed E-state index contributed by atoms with van der Waals surface area (Å²) < 4.78 is 16.1. The first-order valence-electron chi connectivity index (χ1n) is 7.32. The number of methoxy groups -OCH3 is 3. The van der Waals surface area contributed by atoms with Crippen molar-refractivity contribution in [2.45, 2.75) is 0 Å². The number of benzene rings is 1. The predicted octanol–water partition coefficient (Wildman–Crippen LogP) is 2.14. The van der Waals surface area contributed by atoms with Crippen molar-refractivity contribution in [3.8, 4) is 17.2 Å². The maximum Gasteiger partial charge on any atom is 0.203 e. The van der Waals surface area contributed by atoms with E-state index < -0.39 is 0 Å². The van der Waals surface area contributed by atoms with E-state index in [2.05, 4.69) is 16.8 Å². The van der Waals surface area contributed by atoms with Crippen LogP contribution >= 0.6 is 0 Å². The van der Waals surface area contributed by atoms with Crippen LogP contribution in [0.5, 0.6) is 17.2 Å². The second kappa shape index (κ2) is 7.75. The van der Waals surface area contributed by atoms with Gasteiger partial charge in [0, 0.05) is 31.9 Å². The Morgan fingerprint density at radius 2 is 1.68 bits per heavy atom. The van der Waals surface area contributed by atoms with Gasteiger partial charge in [0.1, 0.15) is 0 Å². The number of hydrogen-bond donors (Lipinski definition) is 1. The highest BCUT2D eigenvalue weighted by atomic mass is 16.5. The average Bonchev–Trinajstić information content (AvgIpc) is 2.59. The van der Waals surface area contributed by atoms with E-state index in [4.69, 9.17) is 14.2 Å². The molecule has 0 saturated carbocycles. The molecule has 5 nitrogen and oxygen atoms in total. The Morgan fingerprint density at radius 3 is 2.18 bits per heavy atom. The number of ether oxygens (including phenoxy) is 3. The minimum atomic E-state index is 0.600. The fraction of sp³-hybridized carbons (Fsp3) is 0.412. The van der Waals surface area contributed by atoms with E-state index in [0.29, 0.717) is 17.2 Å². The smallest absolute Gasteiger partial charge is 0.203 e. The molecule has 0 amide bonds. The molecule has 1 aliphatic heterocycles. The molecule has 0 aromatic heterocycles. The minimum absolute atomic E-state index is 0.600. The summed E-state index contributed by atoms with van der Waals surface area (Å²) in [6, 6.07) is 3.84. The van der Waals surface area contributed by atoms with E-state index in [1.165, 1.54) is 0 Å². The molecular weight excluding hydrogens is 280 g/mol. The second-order valence-electron chi connectivity index (χ2n) is 5.02. The molecule has 0 aliphatic carbocycles. The molecule has 1 saturated heterocycles. The van der Waals surface area contributed by atoms with Crippen molar-refractivity contribution in [3.63, 3.8) is 0 Å². The van der Waals surface area contributed by atoms with Crippen LogP contribution in [0.3, 0.4) is 0 Å². The van der Waals surface area contributed by atoms with Crippen LogP contribution in [0.4, 0.5) is 0 Å². The fourth-order valence-electron chi connectivity index (χ4n) is 2.45. The molecule has 2 rings (SSSR count). The Balaban J connectivity index is 2.17. The van der Waals surface area contributed by atoms with E-state index in [1.807, 2.05) is 24.3 Å². The first-order valence-corrected chi connectivity index (χ1v) is 7.32. The van der Waals surface area contributed by atoms with E-state index in [0.717, 1.165) is 37.4 Å². The molecule has 1 N–H and O–H groups in total. The van der Waals surface area contributed by atoms with Gasteiger partial charge in [0.25, 0.3) is 0 Å². The van der Waals surface area contributed by atoms with Gasteiger partial charge in [0.05, 0.1) is 21.3 Å². The van der Waals surface area contributed by atoms with E-state index >= 15 is 0 Å². The summed E-state index contributed by atoms with van der Waals surface area (Å²) in [5, 5.41) is 3.33. The first kappa shape index (κ1) is 16.2. The van der Waals surface area contributed by atoms with Crippen molar-refractivity contribution in [3.05, 3.63) is 36.0 Å². The lowest BCUT2D eigenvalue weighted by molar-refractivity contribution is 0.308. The molecule has 0 atom stereocenters. The van der Waals surface area contributed by atoms with Crippen molar-refractivity contribution in [2.24, 2.45) is 0 Å². The maximum absolute atomic E-state index is 5.36. The van der Waals surface area contributed by atoms with Gasteiger partial charge in [-0.3, -0.25) is 0 Å². The van der Waals surface area contributed by atoms with Crippen LogP contribution in [-0.2, 0) is 0 Å². The van der Waals surface area contributed by atoms with Crippen molar-refractivity contribution in [1.82, 2.24) is 10.2 Å². The van der Waals surface area contributed by atoms with Gasteiger partial charge in [-0.15, -0.1) is 0 Å². The summed E-state index contributed by atoms with van der Waals surface area (Å²) in [5.74, 6) is 1.90. The maximum atomic E-state index is 5.36. The lowest BCUT2D eigenvalue weighted by Gasteiger charge is -2.29. The summed E-state index contributed by atoms with van der Waals surface area (Å²) in [6.45, 7) is 8.10. The van der Waals surface area contributed by atoms with Crippen LogP contribution in [0.15, 0.2) is 30.5 Å². The Kier molecular flexibility index (Phi) is 5.72. The van der Waals surface area contributed by atoms with Gasteiger partial charge in [0.15, 0.2) is 11.5 Å². The largest absolute Gasteiger partial charge is 0.493 e. The second-order valence-corrected chi connectivity index (χ2v) is 5.02. The van der Waals surface area contributed by atoms with E-state index in [9.17, 15) is 0 Å². The average molecular weight is 304 g/mol. The van der Waals surface area contributed by atoms with Gasteiger partial charge in [-0.25, -0.2) is 0 Å². The number of rotatable bonds is 6. The molecule has 0 spiro atoms. The lowest BCUT2D eigenvalue weighted by atomic mass is 10.1. The summed E-state index contributed by atoms with van der Waals surface area (Å²) in [7, 11) is 4.83. The van der Waals surface area contributed by atoms with Crippen molar-refractivity contribution >= 4 is 6.08 Å². The molecule has 1 aliphatic rings. The highest BCUT2D eigenvalue weighted by Gasteiger charge is 2.12. The van der Waals surface area contributed by atoms with Gasteiger partial charge >= 0.3 is 0 Å². The monoisotopic (exact) mass is 304 g/mol. The standard InChI is InChI=1S/C17H24N2O3/c1-13(19-9-7-18-8-10-19)5-6-14-11-15(20-2)17(22-4)16(12-14)21-3/h5-6,11-12,18H,1,7-10H2,2-4H3/b6-5+. The van der Waals surface area contributed by atoms with Gasteiger partial charge in [0.2, 0.25) is 5.75 Å². The minimum Gasteiger partial charge on any atom is -0.493 e. The van der Waals surface area contributed by atoms with E-state index in [-0.39, 0.29) is 0 Å². The van der Waals surface area contributed by atoms with Crippen LogP contribution in [-0.4, -0.2) is 52.4 Å². The number of allylic oxidation sites excluding steroid dienone is 1. The normalized spacial score (nSPS) is 15.0. The quantitative estimate of drug-likeness (QED) is 0.816. The topological polar surface area (TPSA) is 43.0 Å². The fourth-order valence-corrected chi connectivity index (χ4v) is 2.45. The van der Waals surface area contributed by atoms with Crippen LogP contribution in [0.25, 0.3) is 6.08 Å². The zero-order valence-electron chi connectivity index (χ0n) is 13.5. The predicted molar refractivity (Wildman–Crippen MR) is 88.7 cm³/mol. The third kappa shape index (κ3) is 3.74. The Hall–Kier alpha value is -2.14. The Labute approximate surface area is 132 Å². The van der Waals surface area contributed by atoms with Crippen LogP contribution in [0.1, 0.15) is 5.56 Å². The lowest BCUT2D eigenvalue weighted by Crippen LogP contribution is -2.42. The zero-order chi connectivity index (χ0) is 15.9. The van der Waals surface area contributed by atoms with E-state index in [1.54, 1.807) is 21.3 Å². The molecule has 0 radical (unpaired) electrons. The highest BCUT2D eigenvalue weighted by molar-refractivity contribution is 5.63. The third-order valence-corrected chi connectivity index (χ3v) is 3.68. The molecule has 120 valence electrons. The van der Waals surface area contributed by atoms with Gasteiger partial charge < -0.3 is 24.4 Å². The SMILES string of the molecule is C=C(/C=C/c1cc(OC)c(OC)c(OC)c1)N1CCNCC1. The molecule has 22 heavy (non-hydrogen) atoms. The number of hydrogen-bond acceptors (Lipinski definition) is 5. The van der Waals surface area contributed by atoms with Gasteiger partial charge in [-0.05, 0) is 23.8 Å². The van der Waals surface area contributed by atoms with Crippen LogP contribution in [0.2, 0.25) is 0 Å². The third-order valence-electron chi connectivity index (χ3n) is 3.68. The highest BCUT2D eigenvalue weighted by Crippen LogP contribution is 2.38. The summed E-state index contributed by atoms with van der Waals surface area (Å²) >= 11 is 0. The molecule has 5 heteroatoms. The van der Waals surface area contributed by atoms with Gasteiger partial charge in [-0.2, -0.15) is 0 Å². The molecule has 1 heterocycles. The number of nitrogens with zero attached hydrogens (tertiary/aromatic N) is 1. The molecule has 0 bridgehead atoms. The number of piperazine rings is 1. The molecular formula is C17H24N2O3. The molecule has 1 aromatic carbocycles. The van der Waals surface area contributed by atoms with Crippen molar-refractivity contribution in [2.75, 3.05) is 47.5 Å². The molecule has 1 fully saturated rings.